The van der Waals surface area contributed by atoms with Crippen molar-refractivity contribution in [3.05, 3.63) is 102 Å². The molecule has 0 saturated carbocycles. The lowest BCUT2D eigenvalue weighted by Crippen LogP contribution is -2.51. The summed E-state index contributed by atoms with van der Waals surface area (Å²) < 4.78 is 0. The first-order valence-corrected chi connectivity index (χ1v) is 11.3. The first-order valence-electron chi connectivity index (χ1n) is 11.3. The maximum atomic E-state index is 13.5. The fourth-order valence-electron chi connectivity index (χ4n) is 4.10. The van der Waals surface area contributed by atoms with E-state index < -0.39 is 35.1 Å². The van der Waals surface area contributed by atoms with E-state index in [-0.39, 0.29) is 28.4 Å². The number of phenols is 2. The van der Waals surface area contributed by atoms with Crippen LogP contribution < -0.4 is 10.6 Å². The Bertz CT molecular complexity index is 1490. The Kier molecular flexibility index (Phi) is 6.98. The number of amides is 2. The van der Waals surface area contributed by atoms with Gasteiger partial charge in [0.15, 0.2) is 5.41 Å². The molecule has 1 aliphatic carbocycles. The van der Waals surface area contributed by atoms with E-state index in [1.807, 2.05) is 0 Å². The molecule has 0 fully saturated rings. The summed E-state index contributed by atoms with van der Waals surface area (Å²) in [5, 5.41) is 44.0. The summed E-state index contributed by atoms with van der Waals surface area (Å²) in [5.74, 6) is -6.43. The quantitative estimate of drug-likeness (QED) is 0.204. The number of nitrogens with one attached hydrogen (secondary N) is 2. The smallest absolute Gasteiger partial charge is 0.335 e. The van der Waals surface area contributed by atoms with Crippen molar-refractivity contribution in [2.24, 2.45) is 11.3 Å². The van der Waals surface area contributed by atoms with Crippen LogP contribution in [0.1, 0.15) is 15.9 Å². The number of hydrogen-bond acceptors (Lipinski definition) is 6. The second-order valence-electron chi connectivity index (χ2n) is 8.53. The third-order valence-electron chi connectivity index (χ3n) is 6.06. The normalized spacial score (nSPS) is 18.2. The number of allylic oxidation sites excluding steroid dienone is 2. The summed E-state index contributed by atoms with van der Waals surface area (Å²) in [6, 6.07) is 16.8. The van der Waals surface area contributed by atoms with Crippen LogP contribution >= 0.6 is 0 Å². The van der Waals surface area contributed by atoms with E-state index in [2.05, 4.69) is 10.6 Å². The number of anilines is 2. The van der Waals surface area contributed by atoms with Gasteiger partial charge in [-0.15, -0.1) is 0 Å². The summed E-state index contributed by atoms with van der Waals surface area (Å²) in [4.78, 5) is 51.1. The highest BCUT2D eigenvalue weighted by Gasteiger charge is 2.54. The molecule has 10 nitrogen and oxygen atoms in total. The van der Waals surface area contributed by atoms with Gasteiger partial charge in [-0.3, -0.25) is 14.4 Å². The molecule has 2 atom stereocenters. The van der Waals surface area contributed by atoms with Gasteiger partial charge in [0.25, 0.3) is 0 Å². The summed E-state index contributed by atoms with van der Waals surface area (Å²) in [7, 11) is 0. The molecule has 0 bridgehead atoms. The van der Waals surface area contributed by atoms with Crippen LogP contribution in [0.25, 0.3) is 5.57 Å². The van der Waals surface area contributed by atoms with Crippen LogP contribution in [0.5, 0.6) is 11.5 Å². The van der Waals surface area contributed by atoms with Gasteiger partial charge in [0.05, 0.1) is 11.5 Å². The topological polar surface area (TPSA) is 173 Å². The molecular weight excluding hydrogens is 492 g/mol. The number of rotatable bonds is 7. The van der Waals surface area contributed by atoms with Crippen LogP contribution in [-0.4, -0.2) is 44.2 Å². The molecule has 1 aliphatic rings. The molecule has 0 aliphatic heterocycles. The Morgan fingerprint density at radius 1 is 0.763 bits per heavy atom. The largest absolute Gasteiger partial charge is 0.508 e. The highest BCUT2D eigenvalue weighted by atomic mass is 16.4. The van der Waals surface area contributed by atoms with Gasteiger partial charge in [-0.2, -0.15) is 0 Å². The molecule has 3 aromatic carbocycles. The third kappa shape index (κ3) is 5.09. The lowest BCUT2D eigenvalue weighted by atomic mass is 9.69. The zero-order valence-corrected chi connectivity index (χ0v) is 19.7. The van der Waals surface area contributed by atoms with E-state index in [9.17, 15) is 39.6 Å². The Morgan fingerprint density at radius 2 is 1.47 bits per heavy atom. The second-order valence-corrected chi connectivity index (χ2v) is 8.53. The number of aromatic carboxylic acids is 1. The number of aromatic hydroxyl groups is 2. The van der Waals surface area contributed by atoms with Gasteiger partial charge in [0, 0.05) is 17.4 Å². The fourth-order valence-corrected chi connectivity index (χ4v) is 4.10. The molecule has 10 heteroatoms. The Balaban J connectivity index is 1.79. The predicted molar refractivity (Wildman–Crippen MR) is 138 cm³/mol. The van der Waals surface area contributed by atoms with E-state index in [1.165, 1.54) is 78.9 Å². The lowest BCUT2D eigenvalue weighted by Gasteiger charge is -2.34. The molecule has 0 spiro atoms. The minimum absolute atomic E-state index is 0.0152. The number of phenolic OH excluding ortho intramolecular Hbond substituents is 2. The van der Waals surface area contributed by atoms with Crippen molar-refractivity contribution in [1.82, 2.24) is 0 Å². The lowest BCUT2D eigenvalue weighted by molar-refractivity contribution is -0.155. The van der Waals surface area contributed by atoms with Crippen molar-refractivity contribution in [3.63, 3.8) is 0 Å². The molecule has 3 aromatic rings. The summed E-state index contributed by atoms with van der Waals surface area (Å²) in [6.07, 6.45) is 3.74. The number of benzene rings is 3. The number of hydrogen-bond donors (Lipinski definition) is 6. The maximum absolute atomic E-state index is 13.5. The van der Waals surface area contributed by atoms with Gasteiger partial charge in [0.1, 0.15) is 11.5 Å². The molecule has 38 heavy (non-hydrogen) atoms. The van der Waals surface area contributed by atoms with Gasteiger partial charge in [-0.05, 0) is 59.7 Å². The number of carbonyl (C=O) groups excluding carboxylic acids is 2. The molecule has 4 rings (SSSR count). The average Bonchev–Trinajstić information content (AvgIpc) is 2.89. The van der Waals surface area contributed by atoms with Crippen molar-refractivity contribution in [3.8, 4) is 11.5 Å². The molecule has 192 valence electrons. The second kappa shape index (κ2) is 10.3. The summed E-state index contributed by atoms with van der Waals surface area (Å²) in [5.41, 5.74) is -1.32. The first-order chi connectivity index (χ1) is 18.1. The van der Waals surface area contributed by atoms with Crippen molar-refractivity contribution in [2.75, 3.05) is 10.6 Å². The zero-order chi connectivity index (χ0) is 27.4. The van der Waals surface area contributed by atoms with Crippen LogP contribution in [0, 0.1) is 11.3 Å². The Hall–Kier alpha value is -5.38. The van der Waals surface area contributed by atoms with Crippen molar-refractivity contribution >= 4 is 40.7 Å². The predicted octanol–water partition coefficient (Wildman–Crippen LogP) is 3.71. The minimum Gasteiger partial charge on any atom is -0.508 e. The van der Waals surface area contributed by atoms with E-state index >= 15 is 0 Å². The summed E-state index contributed by atoms with van der Waals surface area (Å²) >= 11 is 0. The molecule has 0 heterocycles. The fraction of sp³-hybridized carbons (Fsp3) is 0.0714. The summed E-state index contributed by atoms with van der Waals surface area (Å²) in [6.45, 7) is 0. The molecule has 0 radical (unpaired) electrons. The minimum atomic E-state index is -2.40. The highest BCUT2D eigenvalue weighted by Crippen LogP contribution is 2.41. The molecule has 0 aromatic heterocycles. The van der Waals surface area contributed by atoms with Gasteiger partial charge in [-0.25, -0.2) is 4.79 Å². The Morgan fingerprint density at radius 3 is 2.13 bits per heavy atom. The number of carbonyl (C=O) groups is 4. The van der Waals surface area contributed by atoms with E-state index in [0.29, 0.717) is 11.1 Å². The van der Waals surface area contributed by atoms with Crippen LogP contribution in [0.3, 0.4) is 0 Å². The van der Waals surface area contributed by atoms with Crippen LogP contribution in [-0.2, 0) is 14.4 Å². The Labute approximate surface area is 216 Å². The third-order valence-corrected chi connectivity index (χ3v) is 6.06. The van der Waals surface area contributed by atoms with Crippen molar-refractivity contribution in [1.29, 1.82) is 0 Å². The monoisotopic (exact) mass is 514 g/mol. The molecule has 2 unspecified atom stereocenters. The molecular formula is C28H22N2O8. The standard InChI is InChI=1S/C28H22N2O8/c31-21-9-7-19(8-10-21)29-24(33)23-14-17(16-3-1-4-18(13-16)25(34)35)11-12-28(23,27(37)38)26(36)30-20-5-2-6-22(32)15-20/h1-15,23,31-32H,(H,29,33)(H,30,36)(H,34,35)(H,37,38). The van der Waals surface area contributed by atoms with Gasteiger partial charge in [-0.1, -0.05) is 36.4 Å². The number of carboxylic acids is 2. The van der Waals surface area contributed by atoms with Crippen LogP contribution in [0.2, 0.25) is 0 Å². The molecule has 6 N–H and O–H groups in total. The first kappa shape index (κ1) is 25.7. The molecule has 0 saturated heterocycles. The molecule has 2 amide bonds. The van der Waals surface area contributed by atoms with Gasteiger partial charge < -0.3 is 31.1 Å². The number of carboxylic acid groups (broad SMARTS) is 2. The van der Waals surface area contributed by atoms with Crippen LogP contribution in [0.15, 0.2) is 91.0 Å². The van der Waals surface area contributed by atoms with Gasteiger partial charge >= 0.3 is 11.9 Å². The highest BCUT2D eigenvalue weighted by molar-refractivity contribution is 6.16. The maximum Gasteiger partial charge on any atom is 0.335 e. The van der Waals surface area contributed by atoms with Crippen molar-refractivity contribution in [2.45, 2.75) is 0 Å². The SMILES string of the molecule is O=C(O)c1cccc(C2=CC(C(=O)Nc3ccc(O)cc3)C(C(=O)O)(C(=O)Nc3cccc(O)c3)C=C2)c1. The van der Waals surface area contributed by atoms with Gasteiger partial charge in [0.2, 0.25) is 11.8 Å². The van der Waals surface area contributed by atoms with E-state index in [4.69, 9.17) is 0 Å². The zero-order valence-electron chi connectivity index (χ0n) is 19.7. The van der Waals surface area contributed by atoms with E-state index in [1.54, 1.807) is 6.07 Å². The van der Waals surface area contributed by atoms with Crippen molar-refractivity contribution < 1.29 is 39.6 Å². The van der Waals surface area contributed by atoms with E-state index in [0.717, 1.165) is 6.08 Å². The number of aliphatic carboxylic acids is 1. The van der Waals surface area contributed by atoms with Crippen LogP contribution in [0.4, 0.5) is 11.4 Å². The average molecular weight is 514 g/mol.